The van der Waals surface area contributed by atoms with Crippen LogP contribution in [0, 0.1) is 11.8 Å². The van der Waals surface area contributed by atoms with E-state index < -0.39 is 0 Å². The minimum atomic E-state index is 0.0384. The highest BCUT2D eigenvalue weighted by atomic mass is 35.5. The third-order valence-corrected chi connectivity index (χ3v) is 4.27. The number of hydrogen-bond donors (Lipinski definition) is 1. The molecule has 0 saturated heterocycles. The summed E-state index contributed by atoms with van der Waals surface area (Å²) in [4.78, 5) is 0. The molecular weight excluding hydrogens is 222 g/mol. The van der Waals surface area contributed by atoms with Crippen molar-refractivity contribution in [2.75, 3.05) is 0 Å². The fourth-order valence-electron chi connectivity index (χ4n) is 2.99. The van der Waals surface area contributed by atoms with Gasteiger partial charge in [0.25, 0.3) is 0 Å². The van der Waals surface area contributed by atoms with E-state index in [-0.39, 0.29) is 6.04 Å². The van der Waals surface area contributed by atoms with E-state index in [0.29, 0.717) is 11.1 Å². The highest BCUT2D eigenvalue weighted by Crippen LogP contribution is 2.40. The summed E-state index contributed by atoms with van der Waals surface area (Å²) >= 11 is 6.00. The van der Waals surface area contributed by atoms with Crippen molar-refractivity contribution < 1.29 is 4.42 Å². The van der Waals surface area contributed by atoms with Crippen LogP contribution in [-0.4, -0.2) is 0 Å². The molecule has 1 heterocycles. The summed E-state index contributed by atoms with van der Waals surface area (Å²) in [6, 6.07) is 1.95. The van der Waals surface area contributed by atoms with Gasteiger partial charge in [-0.25, -0.2) is 0 Å². The maximum atomic E-state index is 6.34. The van der Waals surface area contributed by atoms with E-state index >= 15 is 0 Å². The first kappa shape index (κ1) is 12.0. The number of nitrogens with two attached hydrogens (primary N) is 1. The Bertz CT molecular complexity index is 336. The molecule has 2 nitrogen and oxygen atoms in total. The molecule has 3 heteroatoms. The van der Waals surface area contributed by atoms with Crippen LogP contribution in [0.5, 0.6) is 0 Å². The molecule has 1 aliphatic rings. The molecule has 0 spiro atoms. The molecule has 1 saturated carbocycles. The summed E-state index contributed by atoms with van der Waals surface area (Å²) in [5.74, 6) is 1.31. The summed E-state index contributed by atoms with van der Waals surface area (Å²) in [7, 11) is 0. The second-order valence-corrected chi connectivity index (χ2v) is 5.14. The van der Waals surface area contributed by atoms with Crippen molar-refractivity contribution in [1.82, 2.24) is 0 Å². The van der Waals surface area contributed by atoms with Crippen molar-refractivity contribution in [2.24, 2.45) is 17.6 Å². The summed E-state index contributed by atoms with van der Waals surface area (Å²) < 4.78 is 5.13. The Labute approximate surface area is 102 Å². The Balaban J connectivity index is 2.13. The molecule has 3 unspecified atom stereocenters. The molecule has 1 aromatic heterocycles. The Morgan fingerprint density at radius 2 is 2.25 bits per heavy atom. The second-order valence-electron chi connectivity index (χ2n) is 4.79. The second kappa shape index (κ2) is 5.24. The van der Waals surface area contributed by atoms with Crippen LogP contribution in [0.3, 0.4) is 0 Å². The third kappa shape index (κ3) is 2.28. The molecule has 1 fully saturated rings. The van der Waals surface area contributed by atoms with Crippen molar-refractivity contribution >= 4 is 11.6 Å². The van der Waals surface area contributed by atoms with Gasteiger partial charge < -0.3 is 10.2 Å². The molecule has 0 amide bonds. The fourth-order valence-corrected chi connectivity index (χ4v) is 3.23. The van der Waals surface area contributed by atoms with Gasteiger partial charge in [0.05, 0.1) is 6.26 Å². The zero-order valence-corrected chi connectivity index (χ0v) is 10.5. The smallest absolute Gasteiger partial charge is 0.197 e. The lowest BCUT2D eigenvalue weighted by Gasteiger charge is -2.34. The Morgan fingerprint density at radius 1 is 1.50 bits per heavy atom. The predicted molar refractivity (Wildman–Crippen MR) is 66.4 cm³/mol. The molecule has 16 heavy (non-hydrogen) atoms. The van der Waals surface area contributed by atoms with E-state index in [1.807, 2.05) is 6.07 Å². The number of furan rings is 1. The third-order valence-electron chi connectivity index (χ3n) is 3.96. The van der Waals surface area contributed by atoms with Gasteiger partial charge in [-0.2, -0.15) is 0 Å². The van der Waals surface area contributed by atoms with Gasteiger partial charge in [-0.05, 0) is 35.9 Å². The van der Waals surface area contributed by atoms with E-state index in [9.17, 15) is 0 Å². The maximum Gasteiger partial charge on any atom is 0.197 e. The lowest BCUT2D eigenvalue weighted by Crippen LogP contribution is -2.30. The molecule has 3 atom stereocenters. The lowest BCUT2D eigenvalue weighted by molar-refractivity contribution is 0.196. The van der Waals surface area contributed by atoms with Crippen LogP contribution in [0.2, 0.25) is 5.22 Å². The van der Waals surface area contributed by atoms with Gasteiger partial charge in [0.15, 0.2) is 5.22 Å². The SMILES string of the molecule is CCC1CCCCC1C(N)c1ccoc1Cl. The normalized spacial score (nSPS) is 27.9. The minimum Gasteiger partial charge on any atom is -0.453 e. The average Bonchev–Trinajstić information content (AvgIpc) is 2.74. The van der Waals surface area contributed by atoms with Crippen LogP contribution in [-0.2, 0) is 0 Å². The van der Waals surface area contributed by atoms with E-state index in [4.69, 9.17) is 21.8 Å². The molecule has 2 N–H and O–H groups in total. The van der Waals surface area contributed by atoms with E-state index in [1.165, 1.54) is 32.1 Å². The van der Waals surface area contributed by atoms with Crippen LogP contribution in [0.15, 0.2) is 16.7 Å². The van der Waals surface area contributed by atoms with E-state index in [1.54, 1.807) is 6.26 Å². The zero-order valence-electron chi connectivity index (χ0n) is 9.79. The Hall–Kier alpha value is -0.470. The molecule has 0 aromatic carbocycles. The van der Waals surface area contributed by atoms with Crippen LogP contribution >= 0.6 is 11.6 Å². The van der Waals surface area contributed by atoms with Crippen molar-refractivity contribution in [1.29, 1.82) is 0 Å². The van der Waals surface area contributed by atoms with Gasteiger partial charge in [0.1, 0.15) is 0 Å². The molecule has 90 valence electrons. The summed E-state index contributed by atoms with van der Waals surface area (Å²) in [6.45, 7) is 2.26. The van der Waals surface area contributed by atoms with Gasteiger partial charge in [0.2, 0.25) is 0 Å². The monoisotopic (exact) mass is 241 g/mol. The highest BCUT2D eigenvalue weighted by molar-refractivity contribution is 6.29. The topological polar surface area (TPSA) is 39.2 Å². The summed E-state index contributed by atoms with van der Waals surface area (Å²) in [6.07, 6.45) is 8.02. The lowest BCUT2D eigenvalue weighted by atomic mass is 9.73. The van der Waals surface area contributed by atoms with Crippen LogP contribution < -0.4 is 5.73 Å². The van der Waals surface area contributed by atoms with E-state index in [0.717, 1.165) is 11.5 Å². The van der Waals surface area contributed by atoms with Crippen molar-refractivity contribution in [2.45, 2.75) is 45.1 Å². The molecular formula is C13H20ClNO. The highest BCUT2D eigenvalue weighted by Gasteiger charge is 2.31. The van der Waals surface area contributed by atoms with Crippen LogP contribution in [0.1, 0.15) is 50.6 Å². The van der Waals surface area contributed by atoms with Gasteiger partial charge >= 0.3 is 0 Å². The fraction of sp³-hybridized carbons (Fsp3) is 0.692. The first-order chi connectivity index (χ1) is 7.74. The predicted octanol–water partition coefficient (Wildman–Crippen LogP) is 4.15. The van der Waals surface area contributed by atoms with Crippen molar-refractivity contribution in [3.63, 3.8) is 0 Å². The standard InChI is InChI=1S/C13H20ClNO/c1-2-9-5-3-4-6-10(9)12(15)11-7-8-16-13(11)14/h7-10,12H,2-6,15H2,1H3. The van der Waals surface area contributed by atoms with Crippen molar-refractivity contribution in [3.05, 3.63) is 23.1 Å². The minimum absolute atomic E-state index is 0.0384. The van der Waals surface area contributed by atoms with Gasteiger partial charge in [-0.1, -0.05) is 32.6 Å². The summed E-state index contributed by atoms with van der Waals surface area (Å²) in [5.41, 5.74) is 7.32. The summed E-state index contributed by atoms with van der Waals surface area (Å²) in [5, 5.41) is 0.466. The van der Waals surface area contributed by atoms with Crippen LogP contribution in [0.25, 0.3) is 0 Å². The molecule has 0 aliphatic heterocycles. The maximum absolute atomic E-state index is 6.34. The molecule has 2 rings (SSSR count). The molecule has 0 bridgehead atoms. The van der Waals surface area contributed by atoms with Gasteiger partial charge in [-0.3, -0.25) is 0 Å². The molecule has 0 radical (unpaired) electrons. The molecule has 1 aliphatic carbocycles. The Kier molecular flexibility index (Phi) is 3.93. The molecule has 1 aromatic rings. The largest absolute Gasteiger partial charge is 0.453 e. The Morgan fingerprint density at radius 3 is 2.88 bits per heavy atom. The average molecular weight is 242 g/mol. The van der Waals surface area contributed by atoms with Gasteiger partial charge in [-0.15, -0.1) is 0 Å². The first-order valence-corrected chi connectivity index (χ1v) is 6.60. The van der Waals surface area contributed by atoms with Crippen molar-refractivity contribution in [3.8, 4) is 0 Å². The van der Waals surface area contributed by atoms with Crippen LogP contribution in [0.4, 0.5) is 0 Å². The number of hydrogen-bond acceptors (Lipinski definition) is 2. The quantitative estimate of drug-likeness (QED) is 0.864. The van der Waals surface area contributed by atoms with Gasteiger partial charge in [0, 0.05) is 11.6 Å². The van der Waals surface area contributed by atoms with E-state index in [2.05, 4.69) is 6.92 Å². The first-order valence-electron chi connectivity index (χ1n) is 6.22. The zero-order chi connectivity index (χ0) is 11.5. The number of rotatable bonds is 3. The number of halogens is 1.